The van der Waals surface area contributed by atoms with Crippen molar-refractivity contribution < 1.29 is 22.8 Å². The van der Waals surface area contributed by atoms with Crippen LogP contribution in [0.1, 0.15) is 49.1 Å². The number of carbonyl (C=O) groups excluding carboxylic acids is 2. The summed E-state index contributed by atoms with van der Waals surface area (Å²) in [4.78, 5) is 29.4. The zero-order valence-corrected chi connectivity index (χ0v) is 23.4. The van der Waals surface area contributed by atoms with Crippen molar-refractivity contribution in [3.63, 3.8) is 0 Å². The minimum Gasteiger partial charge on any atom is -0.346 e. The van der Waals surface area contributed by atoms with Gasteiger partial charge in [-0.15, -0.1) is 0 Å². The number of carbonyl (C=O) groups is 2. The number of alkyl halides is 3. The van der Waals surface area contributed by atoms with Gasteiger partial charge in [0.15, 0.2) is 0 Å². The molecule has 0 unspecified atom stereocenters. The Balaban J connectivity index is 1.34. The first kappa shape index (κ1) is 28.0. The molecule has 5 rings (SSSR count). The Kier molecular flexibility index (Phi) is 7.63. The molecule has 0 radical (unpaired) electrons. The Morgan fingerprint density at radius 2 is 1.78 bits per heavy atom. The van der Waals surface area contributed by atoms with E-state index < -0.39 is 17.8 Å². The van der Waals surface area contributed by atoms with E-state index in [2.05, 4.69) is 46.8 Å². The number of rotatable bonds is 7. The Hall–Kier alpha value is -4.52. The summed E-state index contributed by atoms with van der Waals surface area (Å²) < 4.78 is 42.9. The van der Waals surface area contributed by atoms with Crippen LogP contribution in [0.15, 0.2) is 65.3 Å². The molecule has 3 N–H and O–H groups in total. The van der Waals surface area contributed by atoms with E-state index >= 15 is 0 Å². The standard InChI is InChI=1S/C28H23BrF3N7O2/c1-15-25(36-27(41)22-12-24(28(30,31)32)35-23-8-7-19(29)11-21(22)23)16(2)39(38-15)14-17-3-5-18(6-4-17)26(40)33-13-20-9-10-34-37-20/h3-12H,13-14H2,1-2H3,(H,33,40)(H,34,37)(H,36,41). The third-order valence-electron chi connectivity index (χ3n) is 6.46. The summed E-state index contributed by atoms with van der Waals surface area (Å²) in [6, 6.07) is 14.1. The molecule has 0 fully saturated rings. The van der Waals surface area contributed by atoms with E-state index in [0.717, 1.165) is 11.6 Å². The lowest BCUT2D eigenvalue weighted by Crippen LogP contribution is -2.23. The number of fused-ring (bicyclic) bond motifs is 1. The Morgan fingerprint density at radius 3 is 2.46 bits per heavy atom. The molecule has 9 nitrogen and oxygen atoms in total. The lowest BCUT2D eigenvalue weighted by atomic mass is 10.1. The quantitative estimate of drug-likeness (QED) is 0.212. The first-order chi connectivity index (χ1) is 19.5. The predicted molar refractivity (Wildman–Crippen MR) is 149 cm³/mol. The van der Waals surface area contributed by atoms with Gasteiger partial charge in [0.25, 0.3) is 11.8 Å². The average molecular weight is 626 g/mol. The number of amides is 2. The molecule has 0 aliphatic rings. The number of pyridine rings is 1. The number of nitrogens with one attached hydrogen (secondary N) is 3. The molecule has 2 aromatic carbocycles. The zero-order chi connectivity index (χ0) is 29.3. The number of aromatic nitrogens is 5. The number of aromatic amines is 1. The lowest BCUT2D eigenvalue weighted by molar-refractivity contribution is -0.141. The van der Waals surface area contributed by atoms with Crippen molar-refractivity contribution in [3.8, 4) is 0 Å². The van der Waals surface area contributed by atoms with E-state index in [4.69, 9.17) is 0 Å². The van der Waals surface area contributed by atoms with Crippen LogP contribution in [0.3, 0.4) is 0 Å². The molecule has 3 heterocycles. The Bertz CT molecular complexity index is 1750. The van der Waals surface area contributed by atoms with E-state index in [1.54, 1.807) is 67.2 Å². The zero-order valence-electron chi connectivity index (χ0n) is 21.8. The van der Waals surface area contributed by atoms with Crippen LogP contribution in [0.5, 0.6) is 0 Å². The smallest absolute Gasteiger partial charge is 0.346 e. The molecule has 0 bridgehead atoms. The molecule has 210 valence electrons. The second kappa shape index (κ2) is 11.2. The van der Waals surface area contributed by atoms with E-state index in [1.165, 1.54) is 6.07 Å². The van der Waals surface area contributed by atoms with Crippen LogP contribution in [0.25, 0.3) is 10.9 Å². The Labute approximate surface area is 240 Å². The highest BCUT2D eigenvalue weighted by molar-refractivity contribution is 9.10. The monoisotopic (exact) mass is 625 g/mol. The van der Waals surface area contributed by atoms with Crippen molar-refractivity contribution in [1.82, 2.24) is 30.3 Å². The highest BCUT2D eigenvalue weighted by Crippen LogP contribution is 2.32. The van der Waals surface area contributed by atoms with Gasteiger partial charge in [-0.3, -0.25) is 19.4 Å². The second-order valence-corrected chi connectivity index (χ2v) is 10.2. The molecule has 41 heavy (non-hydrogen) atoms. The molecule has 0 aliphatic carbocycles. The maximum atomic E-state index is 13.5. The molecular weight excluding hydrogens is 603 g/mol. The number of anilines is 1. The summed E-state index contributed by atoms with van der Waals surface area (Å²) in [6.45, 7) is 4.11. The number of nitrogens with zero attached hydrogens (tertiary/aromatic N) is 4. The van der Waals surface area contributed by atoms with Crippen LogP contribution in [-0.4, -0.2) is 36.8 Å². The molecule has 2 amide bonds. The molecule has 0 atom stereocenters. The Morgan fingerprint density at radius 1 is 1.02 bits per heavy atom. The van der Waals surface area contributed by atoms with Crippen molar-refractivity contribution in [2.45, 2.75) is 33.1 Å². The molecule has 0 saturated carbocycles. The molecule has 13 heteroatoms. The molecule has 0 spiro atoms. The summed E-state index contributed by atoms with van der Waals surface area (Å²) in [5, 5.41) is 17.0. The van der Waals surface area contributed by atoms with Gasteiger partial charge in [-0.2, -0.15) is 23.4 Å². The molecule has 3 aromatic heterocycles. The maximum Gasteiger partial charge on any atom is 0.433 e. The first-order valence-corrected chi connectivity index (χ1v) is 13.2. The summed E-state index contributed by atoms with van der Waals surface area (Å²) in [6.07, 6.45) is -3.04. The second-order valence-electron chi connectivity index (χ2n) is 9.32. The third kappa shape index (κ3) is 6.14. The van der Waals surface area contributed by atoms with Gasteiger partial charge in [0.05, 0.1) is 46.9 Å². The fourth-order valence-electron chi connectivity index (χ4n) is 4.34. The van der Waals surface area contributed by atoms with E-state index in [9.17, 15) is 22.8 Å². The molecule has 0 saturated heterocycles. The first-order valence-electron chi connectivity index (χ1n) is 12.4. The summed E-state index contributed by atoms with van der Waals surface area (Å²) >= 11 is 3.31. The van der Waals surface area contributed by atoms with Gasteiger partial charge in [0, 0.05) is 21.6 Å². The van der Waals surface area contributed by atoms with Crippen molar-refractivity contribution >= 4 is 44.3 Å². The van der Waals surface area contributed by atoms with Crippen LogP contribution in [0, 0.1) is 13.8 Å². The van der Waals surface area contributed by atoms with Crippen molar-refractivity contribution in [3.05, 3.63) is 105 Å². The number of H-pyrrole nitrogens is 1. The molecule has 5 aromatic rings. The highest BCUT2D eigenvalue weighted by Gasteiger charge is 2.34. The van der Waals surface area contributed by atoms with Gasteiger partial charge in [0.1, 0.15) is 5.69 Å². The molecular formula is C28H23BrF3N7O2. The number of halogens is 4. The van der Waals surface area contributed by atoms with E-state index in [1.807, 2.05) is 0 Å². The number of aryl methyl sites for hydroxylation is 1. The van der Waals surface area contributed by atoms with Crippen molar-refractivity contribution in [1.29, 1.82) is 0 Å². The van der Waals surface area contributed by atoms with Gasteiger partial charge in [-0.1, -0.05) is 28.1 Å². The topological polar surface area (TPSA) is 118 Å². The van der Waals surface area contributed by atoms with Gasteiger partial charge >= 0.3 is 6.18 Å². The number of hydrogen-bond acceptors (Lipinski definition) is 5. The number of benzene rings is 2. The van der Waals surface area contributed by atoms with Gasteiger partial charge < -0.3 is 10.6 Å². The van der Waals surface area contributed by atoms with Crippen LogP contribution in [-0.2, 0) is 19.3 Å². The molecule has 0 aliphatic heterocycles. The largest absolute Gasteiger partial charge is 0.433 e. The van der Waals surface area contributed by atoms with Gasteiger partial charge in [-0.25, -0.2) is 4.98 Å². The van der Waals surface area contributed by atoms with E-state index in [0.29, 0.717) is 45.9 Å². The fourth-order valence-corrected chi connectivity index (χ4v) is 4.70. The van der Waals surface area contributed by atoms with Crippen LogP contribution >= 0.6 is 15.9 Å². The van der Waals surface area contributed by atoms with Crippen LogP contribution < -0.4 is 10.6 Å². The van der Waals surface area contributed by atoms with Gasteiger partial charge in [0.2, 0.25) is 0 Å². The number of hydrogen-bond donors (Lipinski definition) is 3. The van der Waals surface area contributed by atoms with Crippen molar-refractivity contribution in [2.24, 2.45) is 0 Å². The van der Waals surface area contributed by atoms with Crippen LogP contribution in [0.2, 0.25) is 0 Å². The van der Waals surface area contributed by atoms with Crippen molar-refractivity contribution in [2.75, 3.05) is 5.32 Å². The normalized spacial score (nSPS) is 11.6. The fraction of sp³-hybridized carbons (Fsp3) is 0.179. The average Bonchev–Trinajstić information content (AvgIpc) is 3.55. The SMILES string of the molecule is Cc1nn(Cc2ccc(C(=O)NCc3cc[nH]n3)cc2)c(C)c1NC(=O)c1cc(C(F)(F)F)nc2ccc(Br)cc12. The maximum absolute atomic E-state index is 13.5. The third-order valence-corrected chi connectivity index (χ3v) is 6.96. The summed E-state index contributed by atoms with van der Waals surface area (Å²) in [7, 11) is 0. The van der Waals surface area contributed by atoms with Gasteiger partial charge in [-0.05, 0) is 61.9 Å². The summed E-state index contributed by atoms with van der Waals surface area (Å²) in [5.74, 6) is -0.947. The predicted octanol–water partition coefficient (Wildman–Crippen LogP) is 5.78. The highest BCUT2D eigenvalue weighted by atomic mass is 79.9. The minimum absolute atomic E-state index is 0.0515. The summed E-state index contributed by atoms with van der Waals surface area (Å²) in [5.41, 5.74) is 2.32. The minimum atomic E-state index is -4.72. The van der Waals surface area contributed by atoms with Crippen LogP contribution in [0.4, 0.5) is 18.9 Å². The lowest BCUT2D eigenvalue weighted by Gasteiger charge is -2.13. The van der Waals surface area contributed by atoms with E-state index in [-0.39, 0.29) is 22.4 Å².